The molecule has 7 amide bonds. The van der Waals surface area contributed by atoms with Crippen LogP contribution in [0.25, 0.3) is 16.7 Å². The molecule has 1 aliphatic carbocycles. The Kier molecular flexibility index (Phi) is 20.1. The van der Waals surface area contributed by atoms with Crippen LogP contribution in [-0.2, 0) is 61.9 Å². The maximum absolute atomic E-state index is 13.2. The van der Waals surface area contributed by atoms with Gasteiger partial charge in [0.1, 0.15) is 28.5 Å². The lowest BCUT2D eigenvalue weighted by Gasteiger charge is -2.46. The summed E-state index contributed by atoms with van der Waals surface area (Å²) >= 11 is 0. The maximum Gasteiger partial charge on any atom is 0.416 e. The first kappa shape index (κ1) is 71.2. The first-order valence-corrected chi connectivity index (χ1v) is 33.0. The van der Waals surface area contributed by atoms with E-state index in [0.717, 1.165) is 89.4 Å². The number of alkyl halides is 9. The zero-order valence-corrected chi connectivity index (χ0v) is 55.8. The van der Waals surface area contributed by atoms with E-state index in [4.69, 9.17) is 14.2 Å². The molecule has 1 spiro atoms. The number of benzene rings is 6. The van der Waals surface area contributed by atoms with Crippen molar-refractivity contribution in [2.24, 2.45) is 0 Å². The molecule has 13 rings (SSSR count). The number of hydrogen-bond donors (Lipinski definition) is 3. The smallest absolute Gasteiger partial charge is 0.416 e. The highest BCUT2D eigenvalue weighted by Gasteiger charge is 2.45. The summed E-state index contributed by atoms with van der Waals surface area (Å²) in [6, 6.07) is 26.3. The van der Waals surface area contributed by atoms with Crippen molar-refractivity contribution in [3.05, 3.63) is 177 Å². The molecular formula is C75H74F9N7O9. The predicted molar refractivity (Wildman–Crippen MR) is 362 cm³/mol. The first-order chi connectivity index (χ1) is 47.3. The van der Waals surface area contributed by atoms with E-state index >= 15 is 0 Å². The number of carbonyl (C=O) groups excluding carboxylic acids is 6. The molecule has 6 aliphatic heterocycles. The summed E-state index contributed by atoms with van der Waals surface area (Å²) in [5.74, 6) is -0.676. The number of nitrogens with zero attached hydrogens (tertiary/aromatic N) is 4. The Hall–Kier alpha value is -10.1. The fraction of sp³-hybridized carbons (Fsp3) is 0.360. The average molecular weight is 1390 g/mol. The molecule has 100 heavy (non-hydrogen) atoms. The number of amides is 7. The fourth-order valence-electron chi connectivity index (χ4n) is 13.5. The molecule has 16 nitrogen and oxygen atoms in total. The highest BCUT2D eigenvalue weighted by molar-refractivity contribution is 6.08. The van der Waals surface area contributed by atoms with E-state index in [9.17, 15) is 68.3 Å². The number of ether oxygens (including phenoxy) is 3. The minimum absolute atomic E-state index is 0.0508. The van der Waals surface area contributed by atoms with Gasteiger partial charge < -0.3 is 44.9 Å². The van der Waals surface area contributed by atoms with Crippen LogP contribution in [0.3, 0.4) is 0 Å². The number of fused-ring (bicyclic) bond motifs is 6. The summed E-state index contributed by atoms with van der Waals surface area (Å²) in [5.41, 5.74) is 6.68. The number of halogens is 9. The molecule has 6 aromatic carbocycles. The third kappa shape index (κ3) is 15.8. The molecule has 7 aliphatic rings. The van der Waals surface area contributed by atoms with Crippen LogP contribution in [0.15, 0.2) is 127 Å². The number of anilines is 6. The third-order valence-corrected chi connectivity index (χ3v) is 18.6. The summed E-state index contributed by atoms with van der Waals surface area (Å²) in [6.45, 7) is 11.7. The molecule has 6 heterocycles. The van der Waals surface area contributed by atoms with Crippen LogP contribution in [-0.4, -0.2) is 85.0 Å². The molecule has 6 aromatic rings. The SMILES string of the molecule is CCN1C(=O)CCc2ccc(NC(=O)/C=C3\CC(C)(C)Oc4cc(C(F)(F)F)ccc43)cc21.CCN1C(=O)CCc2ccc(NC(=O)/C=C3\CC4(CCC4)Oc4cc(C(F)(F)F)ccc43)cc21.CCN1Cc2ccc(NC(=O)/C=C3\CCCOc4cc(C(F)(F)F)ccc43)cc2N(C)C1=O. The van der Waals surface area contributed by atoms with Gasteiger partial charge in [0.15, 0.2) is 0 Å². The Morgan fingerprint density at radius 2 is 0.920 bits per heavy atom. The largest absolute Gasteiger partial charge is 0.493 e. The van der Waals surface area contributed by atoms with Gasteiger partial charge in [0, 0.05) is 122 Å². The molecule has 3 N–H and O–H groups in total. The first-order valence-electron chi connectivity index (χ1n) is 33.0. The predicted octanol–water partition coefficient (Wildman–Crippen LogP) is 16.6. The highest BCUT2D eigenvalue weighted by atomic mass is 19.4. The van der Waals surface area contributed by atoms with Crippen LogP contribution in [0.2, 0.25) is 0 Å². The Balaban J connectivity index is 0.000000151. The highest BCUT2D eigenvalue weighted by Crippen LogP contribution is 2.51. The lowest BCUT2D eigenvalue weighted by molar-refractivity contribution is -0.138. The van der Waals surface area contributed by atoms with Crippen molar-refractivity contribution in [3.63, 3.8) is 0 Å². The molecule has 0 atom stereocenters. The second kappa shape index (κ2) is 28.3. The van der Waals surface area contributed by atoms with Gasteiger partial charge in [-0.2, -0.15) is 39.5 Å². The van der Waals surface area contributed by atoms with Crippen LogP contribution >= 0.6 is 0 Å². The van der Waals surface area contributed by atoms with Crippen LogP contribution < -0.4 is 44.9 Å². The van der Waals surface area contributed by atoms with Crippen molar-refractivity contribution in [1.82, 2.24) is 4.90 Å². The van der Waals surface area contributed by atoms with Crippen molar-refractivity contribution < 1.29 is 82.5 Å². The second-order valence-corrected chi connectivity index (χ2v) is 26.1. The number of nitrogens with one attached hydrogen (secondary N) is 3. The number of allylic oxidation sites excluding steroid dienone is 1. The number of carbonyl (C=O) groups is 6. The van der Waals surface area contributed by atoms with Crippen molar-refractivity contribution in [2.75, 3.05) is 63.9 Å². The summed E-state index contributed by atoms with van der Waals surface area (Å²) < 4.78 is 136. The molecule has 0 aromatic heterocycles. The van der Waals surface area contributed by atoms with Gasteiger partial charge in [-0.1, -0.05) is 36.4 Å². The Labute approximate surface area is 571 Å². The summed E-state index contributed by atoms with van der Waals surface area (Å²) in [4.78, 5) is 82.0. The van der Waals surface area contributed by atoms with Crippen LogP contribution in [0.1, 0.15) is 142 Å². The third-order valence-electron chi connectivity index (χ3n) is 18.6. The molecular weight excluding hydrogens is 1310 g/mol. The minimum atomic E-state index is -4.48. The van der Waals surface area contributed by atoms with Crippen molar-refractivity contribution >= 4 is 86.4 Å². The normalized spacial score (nSPS) is 18.5. The minimum Gasteiger partial charge on any atom is -0.493 e. The molecule has 1 saturated carbocycles. The molecule has 0 radical (unpaired) electrons. The number of aryl methyl sites for hydroxylation is 2. The maximum atomic E-state index is 13.2. The lowest BCUT2D eigenvalue weighted by atomic mass is 9.72. The van der Waals surface area contributed by atoms with Gasteiger partial charge in [0.2, 0.25) is 29.5 Å². The number of rotatable bonds is 9. The van der Waals surface area contributed by atoms with E-state index < -0.39 is 58.2 Å². The van der Waals surface area contributed by atoms with Gasteiger partial charge in [0.05, 0.1) is 29.0 Å². The van der Waals surface area contributed by atoms with Crippen molar-refractivity contribution in [3.8, 4) is 17.2 Å². The Morgan fingerprint density at radius 3 is 1.37 bits per heavy atom. The molecule has 526 valence electrons. The summed E-state index contributed by atoms with van der Waals surface area (Å²) in [6.07, 6.45) is -2.57. The van der Waals surface area contributed by atoms with Crippen LogP contribution in [0.5, 0.6) is 17.2 Å². The summed E-state index contributed by atoms with van der Waals surface area (Å²) in [7, 11) is 1.69. The van der Waals surface area contributed by atoms with E-state index in [1.165, 1.54) is 36.4 Å². The van der Waals surface area contributed by atoms with E-state index in [1.54, 1.807) is 76.9 Å². The Bertz CT molecular complexity index is 4340. The van der Waals surface area contributed by atoms with E-state index in [2.05, 4.69) is 16.0 Å². The standard InChI is InChI=1S/C26H25F3N2O3.C25H25F3N2O3.C24H24F3N3O3/c1-2-31-21-14-19(7-4-16(21)5-9-24(31)33)30-23(32)12-17-15-25(10-3-11-25)34-22-13-18(26(27,28)29)6-8-20(17)22;1-4-30-20-13-18(8-5-15(20)6-10-23(30)32)29-22(31)11-16-14-24(2,3)33-21-12-17(25(26,27)28)7-9-19(16)21;1-3-30-14-16-6-8-18(13-20(16)29(2)23(30)32)28-22(31)11-15-5-4-10-33-21-12-17(24(25,26)27)7-9-19(15)21/h4,6-8,12-14H,2-3,5,9-11,15H2,1H3,(H,30,32);5,7-9,11-13H,4,6,10,14H2,1-3H3,(H,29,31);6-9,11-13H,3-5,10,14H2,1-2H3,(H,28,31)/b17-12+;16-11+;15-11+. The fourth-order valence-corrected chi connectivity index (χ4v) is 13.5. The number of urea groups is 1. The molecule has 25 heteroatoms. The monoisotopic (exact) mass is 1390 g/mol. The van der Waals surface area contributed by atoms with Gasteiger partial charge >= 0.3 is 24.6 Å². The van der Waals surface area contributed by atoms with E-state index in [-0.39, 0.29) is 47.6 Å². The topological polar surface area (TPSA) is 179 Å². The quantitative estimate of drug-likeness (QED) is 0.0938. The molecule has 0 bridgehead atoms. The van der Waals surface area contributed by atoms with Gasteiger partial charge in [-0.05, 0) is 186 Å². The zero-order chi connectivity index (χ0) is 71.8. The molecule has 1 fully saturated rings. The van der Waals surface area contributed by atoms with E-state index in [0.29, 0.717) is 128 Å². The van der Waals surface area contributed by atoms with Crippen molar-refractivity contribution in [1.29, 1.82) is 0 Å². The van der Waals surface area contributed by atoms with Gasteiger partial charge in [-0.3, -0.25) is 28.9 Å². The molecule has 0 unspecified atom stereocenters. The van der Waals surface area contributed by atoms with Crippen molar-refractivity contribution in [2.45, 2.75) is 142 Å². The second-order valence-electron chi connectivity index (χ2n) is 26.1. The van der Waals surface area contributed by atoms with Crippen LogP contribution in [0, 0.1) is 0 Å². The van der Waals surface area contributed by atoms with Gasteiger partial charge in [0.25, 0.3) is 0 Å². The number of hydrogen-bond acceptors (Lipinski definition) is 9. The summed E-state index contributed by atoms with van der Waals surface area (Å²) in [5, 5.41) is 8.47. The average Bonchev–Trinajstić information content (AvgIpc) is 0.828. The van der Waals surface area contributed by atoms with Crippen LogP contribution in [0.4, 0.5) is 78.4 Å². The zero-order valence-electron chi connectivity index (χ0n) is 55.8. The lowest BCUT2D eigenvalue weighted by Crippen LogP contribution is -2.45. The van der Waals surface area contributed by atoms with Gasteiger partial charge in [-0.15, -0.1) is 0 Å². The van der Waals surface area contributed by atoms with Gasteiger partial charge in [-0.25, -0.2) is 4.79 Å². The Morgan fingerprint density at radius 1 is 0.490 bits per heavy atom. The molecule has 0 saturated heterocycles. The van der Waals surface area contributed by atoms with E-state index in [1.807, 2.05) is 39.0 Å².